The van der Waals surface area contributed by atoms with Crippen molar-refractivity contribution in [2.24, 2.45) is 17.8 Å². The molecule has 1 saturated carbocycles. The molecule has 0 spiro atoms. The van der Waals surface area contributed by atoms with Crippen LogP contribution < -0.4 is 5.56 Å². The summed E-state index contributed by atoms with van der Waals surface area (Å²) in [5, 5.41) is 0. The highest BCUT2D eigenvalue weighted by molar-refractivity contribution is 5.92. The maximum Gasteiger partial charge on any atom is 0.272 e. The van der Waals surface area contributed by atoms with Crippen molar-refractivity contribution in [3.05, 3.63) is 27.9 Å². The third-order valence-electron chi connectivity index (χ3n) is 5.70. The quantitative estimate of drug-likeness (QED) is 0.818. The molecule has 0 unspecified atom stereocenters. The predicted molar refractivity (Wildman–Crippen MR) is 91.4 cm³/mol. The lowest BCUT2D eigenvalue weighted by molar-refractivity contribution is -0.134. The van der Waals surface area contributed by atoms with E-state index in [9.17, 15) is 19.2 Å². The fourth-order valence-electron chi connectivity index (χ4n) is 4.32. The summed E-state index contributed by atoms with van der Waals surface area (Å²) in [6.45, 7) is 4.15. The highest BCUT2D eigenvalue weighted by Gasteiger charge is 2.44. The van der Waals surface area contributed by atoms with Crippen LogP contribution in [0, 0.1) is 24.7 Å². The maximum absolute atomic E-state index is 12.6. The Labute approximate surface area is 150 Å². The highest BCUT2D eigenvalue weighted by atomic mass is 16.2. The summed E-state index contributed by atoms with van der Waals surface area (Å²) in [6.07, 6.45) is 1.54. The molecule has 1 aliphatic carbocycles. The van der Waals surface area contributed by atoms with Crippen LogP contribution in [0.15, 0.2) is 10.9 Å². The van der Waals surface area contributed by atoms with Crippen LogP contribution in [-0.2, 0) is 9.59 Å². The molecule has 0 aromatic carbocycles. The van der Waals surface area contributed by atoms with Gasteiger partial charge in [-0.25, -0.2) is 4.98 Å². The van der Waals surface area contributed by atoms with Crippen molar-refractivity contribution in [3.63, 3.8) is 0 Å². The van der Waals surface area contributed by atoms with Gasteiger partial charge in [-0.3, -0.25) is 19.2 Å². The SMILES string of the molecule is Cc1nc(C(=O)N2C[C@H]3CN(C(=O)CC4CC(=O)C4)C[C@H]3C2)cc(=O)[nH]1. The van der Waals surface area contributed by atoms with Crippen LogP contribution in [0.3, 0.4) is 0 Å². The zero-order chi connectivity index (χ0) is 18.4. The molecule has 1 N–H and O–H groups in total. The van der Waals surface area contributed by atoms with E-state index >= 15 is 0 Å². The van der Waals surface area contributed by atoms with Crippen molar-refractivity contribution in [3.8, 4) is 0 Å². The van der Waals surface area contributed by atoms with E-state index in [1.807, 2.05) is 4.90 Å². The van der Waals surface area contributed by atoms with E-state index in [0.717, 1.165) is 0 Å². The molecule has 0 radical (unpaired) electrons. The van der Waals surface area contributed by atoms with E-state index in [1.165, 1.54) is 6.07 Å². The first-order chi connectivity index (χ1) is 12.4. The molecule has 2 amide bonds. The van der Waals surface area contributed by atoms with Crippen LogP contribution in [0.4, 0.5) is 0 Å². The van der Waals surface area contributed by atoms with Crippen molar-refractivity contribution in [2.45, 2.75) is 26.2 Å². The van der Waals surface area contributed by atoms with E-state index in [2.05, 4.69) is 9.97 Å². The van der Waals surface area contributed by atoms with Gasteiger partial charge in [0, 0.05) is 63.3 Å². The molecule has 2 saturated heterocycles. The van der Waals surface area contributed by atoms with Crippen LogP contribution in [0.2, 0.25) is 0 Å². The Kier molecular flexibility index (Phi) is 4.13. The van der Waals surface area contributed by atoms with Crippen LogP contribution >= 0.6 is 0 Å². The Balaban J connectivity index is 1.34. The van der Waals surface area contributed by atoms with Crippen LogP contribution in [0.25, 0.3) is 0 Å². The summed E-state index contributed by atoms with van der Waals surface area (Å²) in [6, 6.07) is 1.24. The molecular formula is C18H22N4O4. The zero-order valence-corrected chi connectivity index (χ0v) is 14.7. The van der Waals surface area contributed by atoms with Crippen LogP contribution in [0.1, 0.15) is 35.6 Å². The lowest BCUT2D eigenvalue weighted by Gasteiger charge is -2.27. The number of nitrogens with zero attached hydrogens (tertiary/aromatic N) is 3. The molecule has 3 heterocycles. The molecule has 0 bridgehead atoms. The standard InChI is InChI=1S/C18H22N4O4/c1-10-19-15(5-16(24)20-10)18(26)22-8-12-6-21(7-13(12)9-22)17(25)4-11-2-14(23)3-11/h5,11-13H,2-4,6-9H2,1H3,(H,19,20,24)/t12-,13+. The molecular weight excluding hydrogens is 336 g/mol. The first kappa shape index (κ1) is 16.9. The molecule has 1 aromatic rings. The number of carbonyl (C=O) groups is 3. The summed E-state index contributed by atoms with van der Waals surface area (Å²) in [7, 11) is 0. The average molecular weight is 358 g/mol. The Bertz CT molecular complexity index is 811. The number of likely N-dealkylation sites (tertiary alicyclic amines) is 2. The minimum absolute atomic E-state index is 0.127. The first-order valence-corrected chi connectivity index (χ1v) is 9.05. The number of aromatic amines is 1. The number of aryl methyl sites for hydroxylation is 1. The van der Waals surface area contributed by atoms with Gasteiger partial charge in [0.05, 0.1) is 0 Å². The lowest BCUT2D eigenvalue weighted by atomic mass is 9.81. The van der Waals surface area contributed by atoms with E-state index in [4.69, 9.17) is 0 Å². The number of aromatic nitrogens is 2. The minimum atomic E-state index is -0.327. The topological polar surface area (TPSA) is 103 Å². The zero-order valence-electron chi connectivity index (χ0n) is 14.7. The molecule has 2 atom stereocenters. The van der Waals surface area contributed by atoms with Crippen molar-refractivity contribution < 1.29 is 14.4 Å². The van der Waals surface area contributed by atoms with Gasteiger partial charge < -0.3 is 14.8 Å². The smallest absolute Gasteiger partial charge is 0.272 e. The number of ketones is 1. The second-order valence-electron chi connectivity index (χ2n) is 7.76. The van der Waals surface area contributed by atoms with Gasteiger partial charge in [0.2, 0.25) is 5.91 Å². The van der Waals surface area contributed by atoms with Crippen LogP contribution in [-0.4, -0.2) is 63.5 Å². The number of fused-ring (bicyclic) bond motifs is 1. The Morgan fingerprint density at radius 2 is 1.73 bits per heavy atom. The van der Waals surface area contributed by atoms with Gasteiger partial charge in [0.25, 0.3) is 11.5 Å². The average Bonchev–Trinajstić information content (AvgIpc) is 3.10. The molecule has 8 nitrogen and oxygen atoms in total. The first-order valence-electron chi connectivity index (χ1n) is 9.05. The Morgan fingerprint density at radius 3 is 2.31 bits per heavy atom. The van der Waals surface area contributed by atoms with E-state index in [0.29, 0.717) is 51.3 Å². The second kappa shape index (κ2) is 6.34. The molecule has 3 fully saturated rings. The fraction of sp³-hybridized carbons (Fsp3) is 0.611. The van der Waals surface area contributed by atoms with Crippen molar-refractivity contribution >= 4 is 17.6 Å². The molecule has 8 heteroatoms. The van der Waals surface area contributed by atoms with Gasteiger partial charge >= 0.3 is 0 Å². The van der Waals surface area contributed by atoms with Gasteiger partial charge in [0.1, 0.15) is 17.3 Å². The van der Waals surface area contributed by atoms with Gasteiger partial charge in [-0.15, -0.1) is 0 Å². The monoisotopic (exact) mass is 358 g/mol. The Morgan fingerprint density at radius 1 is 1.12 bits per heavy atom. The van der Waals surface area contributed by atoms with E-state index in [-0.39, 0.29) is 46.6 Å². The summed E-state index contributed by atoms with van der Waals surface area (Å²) >= 11 is 0. The largest absolute Gasteiger partial charge is 0.342 e. The van der Waals surface area contributed by atoms with Gasteiger partial charge in [-0.2, -0.15) is 0 Å². The normalized spacial score (nSPS) is 25.3. The predicted octanol–water partition coefficient (Wildman–Crippen LogP) is -0.0221. The van der Waals surface area contributed by atoms with Crippen molar-refractivity contribution in [1.29, 1.82) is 0 Å². The molecule has 1 aromatic heterocycles. The highest BCUT2D eigenvalue weighted by Crippen LogP contribution is 2.33. The molecule has 138 valence electrons. The fourth-order valence-corrected chi connectivity index (χ4v) is 4.32. The van der Waals surface area contributed by atoms with Crippen LogP contribution in [0.5, 0.6) is 0 Å². The van der Waals surface area contributed by atoms with Crippen molar-refractivity contribution in [2.75, 3.05) is 26.2 Å². The third kappa shape index (κ3) is 3.15. The number of amides is 2. The number of hydrogen-bond donors (Lipinski definition) is 1. The molecule has 2 aliphatic heterocycles. The summed E-state index contributed by atoms with van der Waals surface area (Å²) in [4.78, 5) is 57.9. The van der Waals surface area contributed by atoms with Gasteiger partial charge in [-0.1, -0.05) is 0 Å². The molecule has 4 rings (SSSR count). The van der Waals surface area contributed by atoms with Gasteiger partial charge in [-0.05, 0) is 12.8 Å². The third-order valence-corrected chi connectivity index (χ3v) is 5.70. The number of rotatable bonds is 3. The summed E-state index contributed by atoms with van der Waals surface area (Å²) in [5.41, 5.74) is -0.153. The summed E-state index contributed by atoms with van der Waals surface area (Å²) in [5.74, 6) is 1.34. The van der Waals surface area contributed by atoms with E-state index in [1.54, 1.807) is 11.8 Å². The summed E-state index contributed by atoms with van der Waals surface area (Å²) < 4.78 is 0. The Hall–Kier alpha value is -2.51. The minimum Gasteiger partial charge on any atom is -0.342 e. The number of Topliss-reactive ketones (excluding diaryl/α,β-unsaturated/α-hetero) is 1. The number of carbonyl (C=O) groups excluding carboxylic acids is 3. The van der Waals surface area contributed by atoms with Crippen molar-refractivity contribution in [1.82, 2.24) is 19.8 Å². The molecule has 26 heavy (non-hydrogen) atoms. The number of H-pyrrole nitrogens is 1. The maximum atomic E-state index is 12.6. The van der Waals surface area contributed by atoms with E-state index < -0.39 is 0 Å². The molecule has 3 aliphatic rings. The number of nitrogens with one attached hydrogen (secondary N) is 1. The second-order valence-corrected chi connectivity index (χ2v) is 7.76. The number of hydrogen-bond acceptors (Lipinski definition) is 5. The van der Waals surface area contributed by atoms with Gasteiger partial charge in [0.15, 0.2) is 0 Å². The lowest BCUT2D eigenvalue weighted by Crippen LogP contribution is -2.38.